The summed E-state index contributed by atoms with van der Waals surface area (Å²) in [5, 5.41) is 2.64. The van der Waals surface area contributed by atoms with Gasteiger partial charge in [0.05, 0.1) is 13.2 Å². The van der Waals surface area contributed by atoms with Crippen LogP contribution in [0.4, 0.5) is 13.2 Å². The van der Waals surface area contributed by atoms with Crippen molar-refractivity contribution in [2.24, 2.45) is 0 Å². The minimum atomic E-state index is -2.53. The van der Waals surface area contributed by atoms with Crippen molar-refractivity contribution in [1.82, 2.24) is 5.32 Å². The maximum Gasteiger partial charge on any atom is 0.254 e. The van der Waals surface area contributed by atoms with Gasteiger partial charge >= 0.3 is 0 Å². The molecule has 1 aromatic carbocycles. The van der Waals surface area contributed by atoms with Crippen LogP contribution in [0.3, 0.4) is 0 Å². The van der Waals surface area contributed by atoms with E-state index in [1.54, 1.807) is 13.0 Å². The summed E-state index contributed by atoms with van der Waals surface area (Å²) in [6.45, 7) is 2.15. The van der Waals surface area contributed by atoms with Crippen LogP contribution >= 0.6 is 0 Å². The largest absolute Gasteiger partial charge is 0.494 e. The minimum Gasteiger partial charge on any atom is -0.494 e. The van der Waals surface area contributed by atoms with Gasteiger partial charge in [-0.05, 0) is 24.6 Å². The van der Waals surface area contributed by atoms with Gasteiger partial charge in [0.1, 0.15) is 0 Å². The SMILES string of the molecule is CCNC(Cc1cccc(OC)c1F)C(F)F. The Morgan fingerprint density at radius 2 is 2.06 bits per heavy atom. The fourth-order valence-corrected chi connectivity index (χ4v) is 1.62. The van der Waals surface area contributed by atoms with E-state index in [1.165, 1.54) is 19.2 Å². The topological polar surface area (TPSA) is 21.3 Å². The normalized spacial score (nSPS) is 12.8. The van der Waals surface area contributed by atoms with E-state index in [0.29, 0.717) is 6.54 Å². The molecular formula is C12H16F3NO. The molecule has 0 amide bonds. The number of ether oxygens (including phenoxy) is 1. The second-order valence-electron chi connectivity index (χ2n) is 3.64. The number of hydrogen-bond acceptors (Lipinski definition) is 2. The number of alkyl halides is 2. The van der Waals surface area contributed by atoms with E-state index in [0.717, 1.165) is 0 Å². The van der Waals surface area contributed by atoms with Gasteiger partial charge in [-0.3, -0.25) is 0 Å². The first-order valence-electron chi connectivity index (χ1n) is 5.43. The molecule has 0 radical (unpaired) electrons. The van der Waals surface area contributed by atoms with E-state index in [4.69, 9.17) is 4.74 Å². The third-order valence-corrected chi connectivity index (χ3v) is 2.47. The van der Waals surface area contributed by atoms with E-state index >= 15 is 0 Å². The molecule has 0 aliphatic heterocycles. The molecule has 1 rings (SSSR count). The highest BCUT2D eigenvalue weighted by atomic mass is 19.3. The number of hydrogen-bond donors (Lipinski definition) is 1. The summed E-state index contributed by atoms with van der Waals surface area (Å²) in [4.78, 5) is 0. The summed E-state index contributed by atoms with van der Waals surface area (Å²) >= 11 is 0. The highest BCUT2D eigenvalue weighted by Crippen LogP contribution is 2.22. The van der Waals surface area contributed by atoms with E-state index < -0.39 is 18.3 Å². The summed E-state index contributed by atoms with van der Waals surface area (Å²) in [7, 11) is 1.34. The minimum absolute atomic E-state index is 0.0610. The van der Waals surface area contributed by atoms with Crippen LogP contribution in [0.25, 0.3) is 0 Å². The van der Waals surface area contributed by atoms with E-state index in [2.05, 4.69) is 5.32 Å². The summed E-state index contributed by atoms with van der Waals surface area (Å²) in [5.41, 5.74) is 0.232. The first kappa shape index (κ1) is 13.8. The maximum atomic E-state index is 13.7. The third kappa shape index (κ3) is 3.63. The van der Waals surface area contributed by atoms with Gasteiger partial charge in [0.15, 0.2) is 11.6 Å². The van der Waals surface area contributed by atoms with Gasteiger partial charge in [-0.15, -0.1) is 0 Å². The van der Waals surface area contributed by atoms with Crippen LogP contribution in [-0.2, 0) is 6.42 Å². The van der Waals surface area contributed by atoms with Crippen molar-refractivity contribution in [2.75, 3.05) is 13.7 Å². The lowest BCUT2D eigenvalue weighted by atomic mass is 10.1. The van der Waals surface area contributed by atoms with Crippen molar-refractivity contribution in [3.63, 3.8) is 0 Å². The Labute approximate surface area is 98.8 Å². The molecule has 1 aromatic rings. The lowest BCUT2D eigenvalue weighted by Crippen LogP contribution is -2.37. The smallest absolute Gasteiger partial charge is 0.254 e. The summed E-state index contributed by atoms with van der Waals surface area (Å²) in [5.74, 6) is -0.495. The average Bonchev–Trinajstić information content (AvgIpc) is 2.30. The standard InChI is InChI=1S/C12H16F3NO/c1-3-16-9(12(14)15)7-8-5-4-6-10(17-2)11(8)13/h4-6,9,12,16H,3,7H2,1-2H3. The summed E-state index contributed by atoms with van der Waals surface area (Å²) in [6.07, 6.45) is -2.59. The molecule has 2 nitrogen and oxygen atoms in total. The Kier molecular flexibility index (Phi) is 5.28. The zero-order valence-corrected chi connectivity index (χ0v) is 9.84. The van der Waals surface area contributed by atoms with Gasteiger partial charge in [-0.2, -0.15) is 0 Å². The summed E-state index contributed by atoms with van der Waals surface area (Å²) in [6, 6.07) is 3.50. The third-order valence-electron chi connectivity index (χ3n) is 2.47. The zero-order valence-electron chi connectivity index (χ0n) is 9.84. The van der Waals surface area contributed by atoms with Crippen LogP contribution in [0.15, 0.2) is 18.2 Å². The quantitative estimate of drug-likeness (QED) is 0.834. The zero-order chi connectivity index (χ0) is 12.8. The first-order valence-corrected chi connectivity index (χ1v) is 5.43. The predicted molar refractivity (Wildman–Crippen MR) is 60.1 cm³/mol. The van der Waals surface area contributed by atoms with Crippen molar-refractivity contribution in [2.45, 2.75) is 25.8 Å². The lowest BCUT2D eigenvalue weighted by molar-refractivity contribution is 0.0986. The molecule has 0 saturated carbocycles. The molecule has 17 heavy (non-hydrogen) atoms. The number of halogens is 3. The number of rotatable bonds is 6. The Bertz CT molecular complexity index is 358. The maximum absolute atomic E-state index is 13.7. The Hall–Kier alpha value is -1.23. The van der Waals surface area contributed by atoms with Crippen molar-refractivity contribution in [1.29, 1.82) is 0 Å². The summed E-state index contributed by atoms with van der Waals surface area (Å²) < 4.78 is 43.9. The fourth-order valence-electron chi connectivity index (χ4n) is 1.62. The van der Waals surface area contributed by atoms with Crippen LogP contribution in [-0.4, -0.2) is 26.1 Å². The highest BCUT2D eigenvalue weighted by Gasteiger charge is 2.21. The number of methoxy groups -OCH3 is 1. The van der Waals surface area contributed by atoms with Crippen LogP contribution in [0.1, 0.15) is 12.5 Å². The molecule has 1 atom stereocenters. The molecule has 1 N–H and O–H groups in total. The molecule has 0 heterocycles. The molecule has 0 spiro atoms. The van der Waals surface area contributed by atoms with Crippen LogP contribution in [0.5, 0.6) is 5.75 Å². The van der Waals surface area contributed by atoms with Crippen molar-refractivity contribution in [3.8, 4) is 5.75 Å². The van der Waals surface area contributed by atoms with Gasteiger partial charge in [0.2, 0.25) is 0 Å². The van der Waals surface area contributed by atoms with E-state index in [1.807, 2.05) is 0 Å². The van der Waals surface area contributed by atoms with Gasteiger partial charge in [0, 0.05) is 0 Å². The van der Waals surface area contributed by atoms with Crippen molar-refractivity contribution < 1.29 is 17.9 Å². The first-order chi connectivity index (χ1) is 8.10. The number of benzene rings is 1. The Morgan fingerprint density at radius 1 is 1.35 bits per heavy atom. The van der Waals surface area contributed by atoms with Crippen LogP contribution < -0.4 is 10.1 Å². The molecule has 5 heteroatoms. The van der Waals surface area contributed by atoms with Crippen LogP contribution in [0, 0.1) is 5.82 Å². The van der Waals surface area contributed by atoms with Crippen molar-refractivity contribution >= 4 is 0 Å². The molecule has 0 fully saturated rings. The molecular weight excluding hydrogens is 231 g/mol. The van der Waals surface area contributed by atoms with Gasteiger partial charge in [0.25, 0.3) is 6.43 Å². The predicted octanol–water partition coefficient (Wildman–Crippen LogP) is 2.62. The lowest BCUT2D eigenvalue weighted by Gasteiger charge is -2.17. The Balaban J connectivity index is 2.85. The van der Waals surface area contributed by atoms with Gasteiger partial charge in [-0.1, -0.05) is 19.1 Å². The molecule has 0 aliphatic rings. The molecule has 0 aliphatic carbocycles. The average molecular weight is 247 g/mol. The molecule has 96 valence electrons. The van der Waals surface area contributed by atoms with Gasteiger partial charge < -0.3 is 10.1 Å². The van der Waals surface area contributed by atoms with Crippen molar-refractivity contribution in [3.05, 3.63) is 29.6 Å². The van der Waals surface area contributed by atoms with E-state index in [-0.39, 0.29) is 17.7 Å². The fraction of sp³-hybridized carbons (Fsp3) is 0.500. The Morgan fingerprint density at radius 3 is 2.59 bits per heavy atom. The number of nitrogens with one attached hydrogen (secondary N) is 1. The number of likely N-dealkylation sites (N-methyl/N-ethyl adjacent to an activating group) is 1. The van der Waals surface area contributed by atoms with Crippen LogP contribution in [0.2, 0.25) is 0 Å². The molecule has 0 saturated heterocycles. The van der Waals surface area contributed by atoms with E-state index in [9.17, 15) is 13.2 Å². The molecule has 1 unspecified atom stereocenters. The molecule has 0 bridgehead atoms. The molecule has 0 aromatic heterocycles. The second-order valence-corrected chi connectivity index (χ2v) is 3.64. The second kappa shape index (κ2) is 6.49. The highest BCUT2D eigenvalue weighted by molar-refractivity contribution is 5.31. The van der Waals surface area contributed by atoms with Gasteiger partial charge in [-0.25, -0.2) is 13.2 Å². The monoisotopic (exact) mass is 247 g/mol.